The molecule has 0 radical (unpaired) electrons. The van der Waals surface area contributed by atoms with Gasteiger partial charge in [-0.3, -0.25) is 4.79 Å². The fraction of sp³-hybridized carbons (Fsp3) is 0.826. The number of fused-ring (bicyclic) bond motifs is 2. The van der Waals surface area contributed by atoms with Gasteiger partial charge >= 0.3 is 11.9 Å². The number of allylic oxidation sites excluding steroid dienone is 1. The van der Waals surface area contributed by atoms with E-state index in [1.807, 2.05) is 6.08 Å². The predicted octanol–water partition coefficient (Wildman–Crippen LogP) is 5.75. The van der Waals surface area contributed by atoms with Crippen LogP contribution in [0.4, 0.5) is 0 Å². The van der Waals surface area contributed by atoms with Gasteiger partial charge in [0.05, 0.1) is 5.92 Å². The zero-order chi connectivity index (χ0) is 19.5. The lowest BCUT2D eigenvalue weighted by Crippen LogP contribution is -2.27. The second-order valence-electron chi connectivity index (χ2n) is 8.64. The van der Waals surface area contributed by atoms with Gasteiger partial charge in [0.2, 0.25) is 0 Å². The fourth-order valence-corrected chi connectivity index (χ4v) is 4.76. The van der Waals surface area contributed by atoms with Crippen molar-refractivity contribution >= 4 is 11.9 Å². The molecule has 0 aromatic rings. The van der Waals surface area contributed by atoms with E-state index in [9.17, 15) is 9.59 Å². The maximum Gasteiger partial charge on any atom is 0.341 e. The molecule has 1 fully saturated rings. The summed E-state index contributed by atoms with van der Waals surface area (Å²) in [5.74, 6) is -0.358. The molecule has 2 rings (SSSR count). The van der Waals surface area contributed by atoms with Gasteiger partial charge in [0.25, 0.3) is 0 Å². The Kier molecular flexibility index (Phi) is 9.93. The summed E-state index contributed by atoms with van der Waals surface area (Å²) < 4.78 is 5.06. The third-order valence-electron chi connectivity index (χ3n) is 6.49. The molecule has 0 saturated heterocycles. The van der Waals surface area contributed by atoms with Crippen LogP contribution in [0.25, 0.3) is 0 Å². The van der Waals surface area contributed by atoms with Crippen LogP contribution < -0.4 is 0 Å². The SMILES string of the molecule is CC1C=CC(C(=O)OCC(=O)O)C2CCCCCCCCCCCCC1C2. The van der Waals surface area contributed by atoms with Crippen molar-refractivity contribution in [2.24, 2.45) is 23.7 Å². The van der Waals surface area contributed by atoms with E-state index >= 15 is 0 Å². The quantitative estimate of drug-likeness (QED) is 0.501. The Morgan fingerprint density at radius 3 is 1.93 bits per heavy atom. The molecule has 4 heteroatoms. The molecular weight excluding hydrogens is 340 g/mol. The molecule has 27 heavy (non-hydrogen) atoms. The van der Waals surface area contributed by atoms with Crippen molar-refractivity contribution in [2.45, 2.75) is 90.4 Å². The molecule has 0 aliphatic heterocycles. The summed E-state index contributed by atoms with van der Waals surface area (Å²) in [4.78, 5) is 23.3. The van der Waals surface area contributed by atoms with Crippen molar-refractivity contribution in [1.29, 1.82) is 0 Å². The van der Waals surface area contributed by atoms with Gasteiger partial charge < -0.3 is 9.84 Å². The summed E-state index contributed by atoms with van der Waals surface area (Å²) in [6.45, 7) is 1.73. The molecule has 0 heterocycles. The fourth-order valence-electron chi connectivity index (χ4n) is 4.76. The minimum absolute atomic E-state index is 0.280. The van der Waals surface area contributed by atoms with Crippen molar-refractivity contribution in [2.75, 3.05) is 6.61 Å². The topological polar surface area (TPSA) is 63.6 Å². The van der Waals surface area contributed by atoms with Crippen LogP contribution in [0.5, 0.6) is 0 Å². The van der Waals surface area contributed by atoms with Gasteiger partial charge in [0.1, 0.15) is 0 Å². The maximum atomic E-state index is 12.5. The predicted molar refractivity (Wildman–Crippen MR) is 107 cm³/mol. The van der Waals surface area contributed by atoms with Crippen molar-refractivity contribution < 1.29 is 19.4 Å². The molecule has 0 aromatic heterocycles. The zero-order valence-electron chi connectivity index (χ0n) is 17.0. The van der Waals surface area contributed by atoms with Crippen molar-refractivity contribution in [3.05, 3.63) is 12.2 Å². The van der Waals surface area contributed by atoms with Crippen LogP contribution in [-0.4, -0.2) is 23.7 Å². The second-order valence-corrected chi connectivity index (χ2v) is 8.64. The largest absolute Gasteiger partial charge is 0.479 e. The molecule has 154 valence electrons. The van der Waals surface area contributed by atoms with E-state index in [4.69, 9.17) is 9.84 Å². The molecule has 4 atom stereocenters. The van der Waals surface area contributed by atoms with Gasteiger partial charge in [-0.1, -0.05) is 83.3 Å². The molecule has 0 aromatic carbocycles. The first-order valence-electron chi connectivity index (χ1n) is 11.1. The Bertz CT molecular complexity index is 485. The van der Waals surface area contributed by atoms with E-state index in [0.717, 1.165) is 19.3 Å². The number of ether oxygens (including phenoxy) is 1. The summed E-state index contributed by atoms with van der Waals surface area (Å²) in [6.07, 6.45) is 20.6. The third kappa shape index (κ3) is 8.06. The lowest BCUT2D eigenvalue weighted by Gasteiger charge is -2.27. The monoisotopic (exact) mass is 378 g/mol. The number of rotatable bonds is 3. The Morgan fingerprint density at radius 2 is 1.37 bits per heavy atom. The average Bonchev–Trinajstić information content (AvgIpc) is 2.80. The van der Waals surface area contributed by atoms with E-state index in [1.165, 1.54) is 64.2 Å². The summed E-state index contributed by atoms with van der Waals surface area (Å²) in [5, 5.41) is 8.82. The minimum Gasteiger partial charge on any atom is -0.479 e. The molecular formula is C23H38O4. The zero-order valence-corrected chi connectivity index (χ0v) is 17.0. The molecule has 1 saturated carbocycles. The Balaban J connectivity index is 2.04. The van der Waals surface area contributed by atoms with Crippen molar-refractivity contribution in [3.8, 4) is 0 Å². The van der Waals surface area contributed by atoms with Crippen LogP contribution in [0, 0.1) is 23.7 Å². The highest BCUT2D eigenvalue weighted by molar-refractivity contribution is 5.78. The molecule has 2 bridgehead atoms. The van der Waals surface area contributed by atoms with E-state index < -0.39 is 12.6 Å². The highest BCUT2D eigenvalue weighted by Crippen LogP contribution is 2.38. The first-order chi connectivity index (χ1) is 13.1. The Labute approximate surface area is 164 Å². The molecule has 1 N–H and O–H groups in total. The average molecular weight is 379 g/mol. The van der Waals surface area contributed by atoms with Gasteiger partial charge in [-0.25, -0.2) is 4.79 Å². The molecule has 0 spiro atoms. The number of hydrogen-bond acceptors (Lipinski definition) is 3. The Hall–Kier alpha value is -1.32. The highest BCUT2D eigenvalue weighted by atomic mass is 16.5. The maximum absolute atomic E-state index is 12.5. The number of aliphatic carboxylic acids is 1. The second kappa shape index (κ2) is 12.2. The molecule has 2 aliphatic rings. The lowest BCUT2D eigenvalue weighted by atomic mass is 9.78. The van der Waals surface area contributed by atoms with Crippen LogP contribution in [0.1, 0.15) is 90.4 Å². The van der Waals surface area contributed by atoms with Gasteiger partial charge in [-0.15, -0.1) is 0 Å². The van der Waals surface area contributed by atoms with Gasteiger partial charge in [0.15, 0.2) is 6.61 Å². The van der Waals surface area contributed by atoms with E-state index in [2.05, 4.69) is 13.0 Å². The number of hydrogen-bond donors (Lipinski definition) is 1. The van der Waals surface area contributed by atoms with Crippen LogP contribution in [0.2, 0.25) is 0 Å². The van der Waals surface area contributed by atoms with Crippen LogP contribution in [0.3, 0.4) is 0 Å². The summed E-state index contributed by atoms with van der Waals surface area (Å²) >= 11 is 0. The van der Waals surface area contributed by atoms with E-state index in [1.54, 1.807) is 0 Å². The number of carbonyl (C=O) groups is 2. The van der Waals surface area contributed by atoms with Crippen LogP contribution in [0.15, 0.2) is 12.2 Å². The number of carboxylic acid groups (broad SMARTS) is 1. The molecule has 0 amide bonds. The molecule has 4 nitrogen and oxygen atoms in total. The van der Waals surface area contributed by atoms with Gasteiger partial charge in [0, 0.05) is 0 Å². The minimum atomic E-state index is -1.09. The number of carboxylic acids is 1. The normalized spacial score (nSPS) is 31.1. The highest BCUT2D eigenvalue weighted by Gasteiger charge is 2.33. The number of esters is 1. The van der Waals surface area contributed by atoms with Gasteiger partial charge in [-0.05, 0) is 37.0 Å². The van der Waals surface area contributed by atoms with E-state index in [-0.39, 0.29) is 17.8 Å². The number of carbonyl (C=O) groups excluding carboxylic acids is 1. The summed E-state index contributed by atoms with van der Waals surface area (Å²) in [6, 6.07) is 0. The van der Waals surface area contributed by atoms with Crippen LogP contribution >= 0.6 is 0 Å². The summed E-state index contributed by atoms with van der Waals surface area (Å²) in [7, 11) is 0. The summed E-state index contributed by atoms with van der Waals surface area (Å²) in [5.41, 5.74) is 0. The Morgan fingerprint density at radius 1 is 0.852 bits per heavy atom. The lowest BCUT2D eigenvalue weighted by molar-refractivity contribution is -0.158. The van der Waals surface area contributed by atoms with Crippen molar-refractivity contribution in [1.82, 2.24) is 0 Å². The smallest absolute Gasteiger partial charge is 0.341 e. The third-order valence-corrected chi connectivity index (χ3v) is 6.49. The van der Waals surface area contributed by atoms with Crippen molar-refractivity contribution in [3.63, 3.8) is 0 Å². The van der Waals surface area contributed by atoms with Gasteiger partial charge in [-0.2, -0.15) is 0 Å². The standard InChI is InChI=1S/C23H38O4/c1-18-14-15-21(23(26)27-17-22(24)25)20-13-11-9-7-5-3-2-4-6-8-10-12-19(18)16-20/h14-15,18-21H,2-13,16-17H2,1H3,(H,24,25). The molecule has 4 unspecified atom stereocenters. The van der Waals surface area contributed by atoms with E-state index in [0.29, 0.717) is 11.8 Å². The first-order valence-corrected chi connectivity index (χ1v) is 11.1. The molecule has 2 aliphatic carbocycles. The van der Waals surface area contributed by atoms with Crippen LogP contribution in [-0.2, 0) is 14.3 Å². The first kappa shape index (κ1) is 22.0.